The zero-order chi connectivity index (χ0) is 17.9. The van der Waals surface area contributed by atoms with Crippen LogP contribution in [0, 0.1) is 0 Å². The Labute approximate surface area is 151 Å². The molecule has 1 N–H and O–H groups in total. The molecule has 1 aromatic heterocycles. The van der Waals surface area contributed by atoms with Gasteiger partial charge in [0.05, 0.1) is 19.5 Å². The topological polar surface area (TPSA) is 67.3 Å². The SMILES string of the molecule is COc1ccc(NC(=O)c2cnc(N3CCc4ccccc43)cn2)cc1. The molecule has 26 heavy (non-hydrogen) atoms. The highest BCUT2D eigenvalue weighted by Crippen LogP contribution is 2.32. The van der Waals surface area contributed by atoms with Crippen LogP contribution in [0.3, 0.4) is 0 Å². The van der Waals surface area contributed by atoms with Crippen molar-refractivity contribution in [2.45, 2.75) is 6.42 Å². The van der Waals surface area contributed by atoms with Gasteiger partial charge in [-0.3, -0.25) is 4.79 Å². The van der Waals surface area contributed by atoms with Gasteiger partial charge in [0.2, 0.25) is 0 Å². The molecule has 0 unspecified atom stereocenters. The summed E-state index contributed by atoms with van der Waals surface area (Å²) < 4.78 is 5.11. The van der Waals surface area contributed by atoms with E-state index in [1.165, 1.54) is 11.8 Å². The van der Waals surface area contributed by atoms with Gasteiger partial charge in [-0.05, 0) is 42.3 Å². The lowest BCUT2D eigenvalue weighted by Crippen LogP contribution is -2.18. The summed E-state index contributed by atoms with van der Waals surface area (Å²) in [4.78, 5) is 23.2. The summed E-state index contributed by atoms with van der Waals surface area (Å²) in [5.74, 6) is 1.19. The monoisotopic (exact) mass is 346 g/mol. The van der Waals surface area contributed by atoms with Crippen molar-refractivity contribution in [1.29, 1.82) is 0 Å². The Morgan fingerprint density at radius 1 is 1.08 bits per heavy atom. The van der Waals surface area contributed by atoms with Crippen molar-refractivity contribution >= 4 is 23.1 Å². The van der Waals surface area contributed by atoms with Crippen LogP contribution in [-0.4, -0.2) is 29.5 Å². The van der Waals surface area contributed by atoms with E-state index in [9.17, 15) is 4.79 Å². The number of rotatable bonds is 4. The van der Waals surface area contributed by atoms with Crippen molar-refractivity contribution in [2.24, 2.45) is 0 Å². The van der Waals surface area contributed by atoms with Crippen LogP contribution in [0.1, 0.15) is 16.1 Å². The van der Waals surface area contributed by atoms with Crippen LogP contribution in [-0.2, 0) is 6.42 Å². The summed E-state index contributed by atoms with van der Waals surface area (Å²) in [6, 6.07) is 15.4. The number of methoxy groups -OCH3 is 1. The first-order valence-electron chi connectivity index (χ1n) is 8.37. The number of benzene rings is 2. The third-order valence-corrected chi connectivity index (χ3v) is 4.38. The van der Waals surface area contributed by atoms with Crippen molar-refractivity contribution in [2.75, 3.05) is 23.9 Å². The van der Waals surface area contributed by atoms with Gasteiger partial charge < -0.3 is 15.0 Å². The zero-order valence-corrected chi connectivity index (χ0v) is 14.3. The summed E-state index contributed by atoms with van der Waals surface area (Å²) in [5, 5.41) is 2.80. The highest BCUT2D eigenvalue weighted by atomic mass is 16.5. The first-order chi connectivity index (χ1) is 12.7. The number of amides is 1. The summed E-state index contributed by atoms with van der Waals surface area (Å²) in [6.07, 6.45) is 4.14. The molecule has 0 bridgehead atoms. The van der Waals surface area contributed by atoms with Gasteiger partial charge in [-0.1, -0.05) is 18.2 Å². The maximum Gasteiger partial charge on any atom is 0.275 e. The van der Waals surface area contributed by atoms with Crippen LogP contribution < -0.4 is 15.0 Å². The van der Waals surface area contributed by atoms with Crippen molar-refractivity contribution in [3.8, 4) is 5.75 Å². The molecule has 6 nitrogen and oxygen atoms in total. The van der Waals surface area contributed by atoms with E-state index in [1.54, 1.807) is 37.6 Å². The number of nitrogens with zero attached hydrogens (tertiary/aromatic N) is 3. The molecule has 130 valence electrons. The molecule has 0 saturated carbocycles. The molecule has 0 spiro atoms. The Balaban J connectivity index is 1.48. The maximum atomic E-state index is 12.3. The number of anilines is 3. The van der Waals surface area contributed by atoms with E-state index >= 15 is 0 Å². The Bertz CT molecular complexity index is 923. The number of ether oxygens (including phenoxy) is 1. The third-order valence-electron chi connectivity index (χ3n) is 4.38. The van der Waals surface area contributed by atoms with Crippen LogP contribution in [0.2, 0.25) is 0 Å². The fourth-order valence-electron chi connectivity index (χ4n) is 3.02. The van der Waals surface area contributed by atoms with Gasteiger partial charge in [-0.15, -0.1) is 0 Å². The number of carbonyl (C=O) groups is 1. The van der Waals surface area contributed by atoms with Gasteiger partial charge in [0.15, 0.2) is 5.82 Å². The number of hydrogen-bond donors (Lipinski definition) is 1. The molecule has 1 amide bonds. The lowest BCUT2D eigenvalue weighted by atomic mass is 10.2. The quantitative estimate of drug-likeness (QED) is 0.784. The number of carbonyl (C=O) groups excluding carboxylic acids is 1. The molecule has 0 fully saturated rings. The summed E-state index contributed by atoms with van der Waals surface area (Å²) in [6.45, 7) is 0.866. The van der Waals surface area contributed by atoms with Crippen LogP contribution in [0.4, 0.5) is 17.2 Å². The molecule has 0 atom stereocenters. The largest absolute Gasteiger partial charge is 0.497 e. The number of fused-ring (bicyclic) bond motifs is 1. The van der Waals surface area contributed by atoms with Crippen LogP contribution in [0.5, 0.6) is 5.75 Å². The first kappa shape index (κ1) is 16.1. The average Bonchev–Trinajstić information content (AvgIpc) is 3.13. The Hall–Kier alpha value is -3.41. The molecule has 3 aromatic rings. The molecule has 4 rings (SSSR count). The minimum Gasteiger partial charge on any atom is -0.497 e. The summed E-state index contributed by atoms with van der Waals surface area (Å²) in [5.41, 5.74) is 3.40. The van der Waals surface area contributed by atoms with Crippen molar-refractivity contribution in [1.82, 2.24) is 9.97 Å². The van der Waals surface area contributed by atoms with Crippen molar-refractivity contribution in [3.05, 3.63) is 72.2 Å². The fraction of sp³-hybridized carbons (Fsp3) is 0.150. The van der Waals surface area contributed by atoms with Gasteiger partial charge in [-0.25, -0.2) is 9.97 Å². The molecular formula is C20H18N4O2. The lowest BCUT2D eigenvalue weighted by molar-refractivity contribution is 0.102. The second-order valence-electron chi connectivity index (χ2n) is 5.97. The van der Waals surface area contributed by atoms with Gasteiger partial charge in [0, 0.05) is 17.9 Å². The molecular weight excluding hydrogens is 328 g/mol. The van der Waals surface area contributed by atoms with Crippen LogP contribution in [0.25, 0.3) is 0 Å². The number of hydrogen-bond acceptors (Lipinski definition) is 5. The minimum absolute atomic E-state index is 0.275. The maximum absolute atomic E-state index is 12.3. The van der Waals surface area contributed by atoms with E-state index in [-0.39, 0.29) is 11.6 Å². The molecule has 0 aliphatic carbocycles. The zero-order valence-electron chi connectivity index (χ0n) is 14.3. The van der Waals surface area contributed by atoms with E-state index in [2.05, 4.69) is 32.3 Å². The van der Waals surface area contributed by atoms with Gasteiger partial charge in [0.25, 0.3) is 5.91 Å². The van der Waals surface area contributed by atoms with Crippen LogP contribution >= 0.6 is 0 Å². The number of para-hydroxylation sites is 1. The Morgan fingerprint density at radius 3 is 2.62 bits per heavy atom. The fourth-order valence-corrected chi connectivity index (χ4v) is 3.02. The second kappa shape index (κ2) is 6.84. The van der Waals surface area contributed by atoms with Gasteiger partial charge in [-0.2, -0.15) is 0 Å². The summed E-state index contributed by atoms with van der Waals surface area (Å²) in [7, 11) is 1.60. The predicted molar refractivity (Wildman–Crippen MR) is 100 cm³/mol. The van der Waals surface area contributed by atoms with Gasteiger partial charge >= 0.3 is 0 Å². The van der Waals surface area contributed by atoms with Crippen molar-refractivity contribution in [3.63, 3.8) is 0 Å². The van der Waals surface area contributed by atoms with Crippen LogP contribution in [0.15, 0.2) is 60.9 Å². The third kappa shape index (κ3) is 3.09. The van der Waals surface area contributed by atoms with E-state index in [0.717, 1.165) is 30.2 Å². The number of nitrogens with one attached hydrogen (secondary N) is 1. The average molecular weight is 346 g/mol. The van der Waals surface area contributed by atoms with E-state index < -0.39 is 0 Å². The normalized spacial score (nSPS) is 12.6. The Kier molecular flexibility index (Phi) is 4.23. The molecule has 1 aliphatic rings. The molecule has 2 aromatic carbocycles. The van der Waals surface area contributed by atoms with E-state index in [0.29, 0.717) is 5.69 Å². The smallest absolute Gasteiger partial charge is 0.275 e. The molecule has 2 heterocycles. The molecule has 0 radical (unpaired) electrons. The van der Waals surface area contributed by atoms with Crippen molar-refractivity contribution < 1.29 is 9.53 Å². The Morgan fingerprint density at radius 2 is 1.88 bits per heavy atom. The first-order valence-corrected chi connectivity index (χ1v) is 8.37. The molecule has 6 heteroatoms. The lowest BCUT2D eigenvalue weighted by Gasteiger charge is -2.17. The second-order valence-corrected chi connectivity index (χ2v) is 5.97. The van der Waals surface area contributed by atoms with E-state index in [4.69, 9.17) is 4.74 Å². The number of aromatic nitrogens is 2. The molecule has 1 aliphatic heterocycles. The standard InChI is InChI=1S/C20H18N4O2/c1-26-16-8-6-15(7-9-16)23-20(25)17-12-22-19(13-21-17)24-11-10-14-4-2-3-5-18(14)24/h2-9,12-13H,10-11H2,1H3,(H,23,25). The predicted octanol–water partition coefficient (Wildman–Crippen LogP) is 3.43. The van der Waals surface area contributed by atoms with Gasteiger partial charge in [0.1, 0.15) is 11.4 Å². The summed E-state index contributed by atoms with van der Waals surface area (Å²) >= 11 is 0. The minimum atomic E-state index is -0.295. The highest BCUT2D eigenvalue weighted by molar-refractivity contribution is 6.02. The molecule has 0 saturated heterocycles. The highest BCUT2D eigenvalue weighted by Gasteiger charge is 2.21. The van der Waals surface area contributed by atoms with E-state index in [1.807, 2.05) is 12.1 Å².